The van der Waals surface area contributed by atoms with Gasteiger partial charge in [0, 0.05) is 19.0 Å². The second-order valence-corrected chi connectivity index (χ2v) is 8.08. The molecule has 1 fully saturated rings. The summed E-state index contributed by atoms with van der Waals surface area (Å²) in [6.07, 6.45) is 4.44. The van der Waals surface area contributed by atoms with E-state index >= 15 is 0 Å². The van der Waals surface area contributed by atoms with Gasteiger partial charge >= 0.3 is 0 Å². The molecule has 1 aromatic heterocycles. The van der Waals surface area contributed by atoms with Crippen molar-refractivity contribution in [1.82, 2.24) is 14.3 Å². The number of nitrogens with one attached hydrogen (secondary N) is 1. The van der Waals surface area contributed by atoms with Crippen LogP contribution in [0.15, 0.2) is 11.2 Å². The van der Waals surface area contributed by atoms with Gasteiger partial charge in [-0.3, -0.25) is 0 Å². The number of aromatic nitrogens is 2. The topological polar surface area (TPSA) is 66.1 Å². The standard InChI is InChI=1S/C12H21N3O2S2/c1-9(2)12-13-6-11(14-12)19(16,17)15-5-4-10(7-15)8-18-3/h6,9-10H,4-5,7-8H2,1-3H3,(H,13,14). The molecule has 1 aromatic rings. The first kappa shape index (κ1) is 14.9. The number of hydrogen-bond acceptors (Lipinski definition) is 4. The molecule has 0 aliphatic carbocycles. The van der Waals surface area contributed by atoms with Gasteiger partial charge in [0.1, 0.15) is 5.82 Å². The highest BCUT2D eigenvalue weighted by atomic mass is 32.2. The predicted octanol–water partition coefficient (Wildman–Crippen LogP) is 1.91. The fraction of sp³-hybridized carbons (Fsp3) is 0.750. The second kappa shape index (κ2) is 5.85. The van der Waals surface area contributed by atoms with Crippen molar-refractivity contribution in [3.8, 4) is 0 Å². The van der Waals surface area contributed by atoms with Crippen LogP contribution in [-0.2, 0) is 10.0 Å². The Morgan fingerprint density at radius 2 is 2.32 bits per heavy atom. The Hall–Kier alpha value is -0.530. The Labute approximate surface area is 119 Å². The monoisotopic (exact) mass is 303 g/mol. The number of thioether (sulfide) groups is 1. The van der Waals surface area contributed by atoms with E-state index in [1.165, 1.54) is 6.20 Å². The van der Waals surface area contributed by atoms with E-state index in [-0.39, 0.29) is 10.9 Å². The lowest BCUT2D eigenvalue weighted by Crippen LogP contribution is -2.29. The summed E-state index contributed by atoms with van der Waals surface area (Å²) < 4.78 is 26.5. The van der Waals surface area contributed by atoms with Crippen LogP contribution in [0, 0.1) is 5.92 Å². The summed E-state index contributed by atoms with van der Waals surface area (Å²) in [5.74, 6) is 2.41. The summed E-state index contributed by atoms with van der Waals surface area (Å²) in [4.78, 5) is 7.07. The third-order valence-corrected chi connectivity index (χ3v) is 5.97. The summed E-state index contributed by atoms with van der Waals surface area (Å²) in [6.45, 7) is 5.21. The van der Waals surface area contributed by atoms with Crippen LogP contribution in [0.1, 0.15) is 32.0 Å². The third kappa shape index (κ3) is 3.14. The van der Waals surface area contributed by atoms with Gasteiger partial charge in [0.2, 0.25) is 0 Å². The van der Waals surface area contributed by atoms with E-state index in [1.807, 2.05) is 13.8 Å². The van der Waals surface area contributed by atoms with E-state index in [0.717, 1.165) is 18.0 Å². The van der Waals surface area contributed by atoms with Crippen molar-refractivity contribution >= 4 is 21.8 Å². The van der Waals surface area contributed by atoms with Crippen LogP contribution in [0.2, 0.25) is 0 Å². The first-order chi connectivity index (χ1) is 8.95. The molecule has 108 valence electrons. The molecule has 7 heteroatoms. The van der Waals surface area contributed by atoms with Crippen LogP contribution >= 0.6 is 11.8 Å². The number of rotatable bonds is 5. The van der Waals surface area contributed by atoms with Crippen molar-refractivity contribution < 1.29 is 8.42 Å². The van der Waals surface area contributed by atoms with Crippen molar-refractivity contribution in [2.24, 2.45) is 5.92 Å². The van der Waals surface area contributed by atoms with Crippen LogP contribution in [0.3, 0.4) is 0 Å². The summed E-state index contributed by atoms with van der Waals surface area (Å²) in [6, 6.07) is 0. The van der Waals surface area contributed by atoms with E-state index in [9.17, 15) is 8.42 Å². The van der Waals surface area contributed by atoms with Crippen LogP contribution in [-0.4, -0.2) is 47.8 Å². The molecule has 2 heterocycles. The number of nitrogens with zero attached hydrogens (tertiary/aromatic N) is 2. The van der Waals surface area contributed by atoms with E-state index in [0.29, 0.717) is 19.0 Å². The Morgan fingerprint density at radius 1 is 1.58 bits per heavy atom. The van der Waals surface area contributed by atoms with Crippen molar-refractivity contribution in [2.45, 2.75) is 31.2 Å². The molecule has 0 aromatic carbocycles. The maximum Gasteiger partial charge on any atom is 0.260 e. The Bertz CT molecular complexity index is 525. The van der Waals surface area contributed by atoms with Crippen LogP contribution < -0.4 is 0 Å². The quantitative estimate of drug-likeness (QED) is 0.902. The normalized spacial score (nSPS) is 21.4. The minimum absolute atomic E-state index is 0.201. The summed E-state index contributed by atoms with van der Waals surface area (Å²) in [5, 5.41) is 0.223. The largest absolute Gasteiger partial charge is 0.332 e. The summed E-state index contributed by atoms with van der Waals surface area (Å²) >= 11 is 1.77. The van der Waals surface area contributed by atoms with Gasteiger partial charge in [-0.25, -0.2) is 13.4 Å². The van der Waals surface area contributed by atoms with Gasteiger partial charge in [0.15, 0.2) is 5.03 Å². The first-order valence-corrected chi connectivity index (χ1v) is 9.32. The molecule has 2 rings (SSSR count). The zero-order valence-corrected chi connectivity index (χ0v) is 13.2. The number of imidazole rings is 1. The zero-order valence-electron chi connectivity index (χ0n) is 11.6. The van der Waals surface area contributed by atoms with E-state index in [4.69, 9.17) is 0 Å². The Morgan fingerprint density at radius 3 is 2.89 bits per heavy atom. The smallest absolute Gasteiger partial charge is 0.260 e. The van der Waals surface area contributed by atoms with Crippen LogP contribution in [0.25, 0.3) is 0 Å². The molecule has 0 radical (unpaired) electrons. The average molecular weight is 303 g/mol. The highest BCUT2D eigenvalue weighted by Gasteiger charge is 2.33. The fourth-order valence-corrected chi connectivity index (χ4v) is 4.46. The van der Waals surface area contributed by atoms with Crippen molar-refractivity contribution in [3.05, 3.63) is 12.0 Å². The molecule has 0 bridgehead atoms. The Balaban J connectivity index is 2.14. The molecular weight excluding hydrogens is 282 g/mol. The van der Waals surface area contributed by atoms with Gasteiger partial charge < -0.3 is 4.98 Å². The summed E-state index contributed by atoms with van der Waals surface area (Å²) in [7, 11) is -3.40. The Kier molecular flexibility index (Phi) is 4.58. The van der Waals surface area contributed by atoms with E-state index in [1.54, 1.807) is 16.1 Å². The molecule has 1 unspecified atom stereocenters. The highest BCUT2D eigenvalue weighted by molar-refractivity contribution is 7.98. The summed E-state index contributed by atoms with van der Waals surface area (Å²) in [5.41, 5.74) is 0. The highest BCUT2D eigenvalue weighted by Crippen LogP contribution is 2.25. The van der Waals surface area contributed by atoms with Crippen molar-refractivity contribution in [2.75, 3.05) is 25.1 Å². The molecular formula is C12H21N3O2S2. The molecule has 1 aliphatic heterocycles. The predicted molar refractivity (Wildman–Crippen MR) is 77.9 cm³/mol. The average Bonchev–Trinajstić information content (AvgIpc) is 2.98. The number of hydrogen-bond donors (Lipinski definition) is 1. The molecule has 1 atom stereocenters. The molecule has 19 heavy (non-hydrogen) atoms. The van der Waals surface area contributed by atoms with Crippen LogP contribution in [0.5, 0.6) is 0 Å². The number of H-pyrrole nitrogens is 1. The lowest BCUT2D eigenvalue weighted by atomic mass is 10.2. The maximum atomic E-state index is 12.5. The maximum absolute atomic E-state index is 12.5. The van der Waals surface area contributed by atoms with E-state index < -0.39 is 10.0 Å². The second-order valence-electron chi connectivity index (χ2n) is 5.26. The van der Waals surface area contributed by atoms with E-state index in [2.05, 4.69) is 16.2 Å². The fourth-order valence-electron chi connectivity index (χ4n) is 2.27. The van der Waals surface area contributed by atoms with Gasteiger partial charge in [-0.05, 0) is 24.3 Å². The lowest BCUT2D eigenvalue weighted by Gasteiger charge is -2.15. The first-order valence-electron chi connectivity index (χ1n) is 6.49. The van der Waals surface area contributed by atoms with Crippen LogP contribution in [0.4, 0.5) is 0 Å². The molecule has 1 saturated heterocycles. The molecule has 1 aliphatic rings. The minimum Gasteiger partial charge on any atom is -0.332 e. The SMILES string of the molecule is CSCC1CCN(S(=O)(=O)c2cnc(C(C)C)[nH]2)C1. The van der Waals surface area contributed by atoms with Gasteiger partial charge in [-0.2, -0.15) is 16.1 Å². The van der Waals surface area contributed by atoms with Gasteiger partial charge in [-0.1, -0.05) is 13.8 Å². The molecule has 5 nitrogen and oxygen atoms in total. The van der Waals surface area contributed by atoms with Crippen molar-refractivity contribution in [1.29, 1.82) is 0 Å². The molecule has 1 N–H and O–H groups in total. The number of aromatic amines is 1. The van der Waals surface area contributed by atoms with Gasteiger partial charge in [-0.15, -0.1) is 0 Å². The third-order valence-electron chi connectivity index (χ3n) is 3.39. The molecule has 0 saturated carbocycles. The molecule has 0 spiro atoms. The minimum atomic E-state index is -3.40. The van der Waals surface area contributed by atoms with Gasteiger partial charge in [0.05, 0.1) is 6.20 Å². The zero-order chi connectivity index (χ0) is 14.0. The lowest BCUT2D eigenvalue weighted by molar-refractivity contribution is 0.463. The van der Waals surface area contributed by atoms with Crippen molar-refractivity contribution in [3.63, 3.8) is 0 Å². The molecule has 0 amide bonds. The van der Waals surface area contributed by atoms with Gasteiger partial charge in [0.25, 0.3) is 10.0 Å². The number of sulfonamides is 1.